The Labute approximate surface area is 139 Å². The van der Waals surface area contributed by atoms with Gasteiger partial charge in [-0.2, -0.15) is 0 Å². The Kier molecular flexibility index (Phi) is 4.71. The number of carbonyl (C=O) groups excluding carboxylic acids is 2. The molecule has 0 aromatic heterocycles. The van der Waals surface area contributed by atoms with Crippen molar-refractivity contribution in [2.24, 2.45) is 11.7 Å². The fourth-order valence-corrected chi connectivity index (χ4v) is 3.38. The summed E-state index contributed by atoms with van der Waals surface area (Å²) in [5.74, 6) is -1.74. The molecule has 0 aromatic rings. The summed E-state index contributed by atoms with van der Waals surface area (Å²) in [4.78, 5) is 25.9. The molecule has 132 valence electrons. The van der Waals surface area contributed by atoms with E-state index in [1.807, 2.05) is 0 Å². The first kappa shape index (κ1) is 17.1. The van der Waals surface area contributed by atoms with Crippen molar-refractivity contribution in [2.75, 3.05) is 6.61 Å². The smallest absolute Gasteiger partial charge is 0.326 e. The van der Waals surface area contributed by atoms with Gasteiger partial charge in [-0.1, -0.05) is 25.3 Å². The molecule has 0 aromatic carbocycles. The third-order valence-electron chi connectivity index (χ3n) is 4.79. The summed E-state index contributed by atoms with van der Waals surface area (Å²) in [7, 11) is 0. The van der Waals surface area contributed by atoms with E-state index in [1.54, 1.807) is 6.08 Å². The molecule has 0 radical (unpaired) electrons. The van der Waals surface area contributed by atoms with E-state index in [-0.39, 0.29) is 12.5 Å². The van der Waals surface area contributed by atoms with Crippen LogP contribution in [-0.2, 0) is 9.53 Å². The van der Waals surface area contributed by atoms with Crippen LogP contribution in [0.2, 0.25) is 0 Å². The summed E-state index contributed by atoms with van der Waals surface area (Å²) in [6.45, 7) is -0.240. The highest BCUT2D eigenvalue weighted by molar-refractivity contribution is 5.97. The summed E-state index contributed by atoms with van der Waals surface area (Å²) in [5.41, 5.74) is 3.81. The van der Waals surface area contributed by atoms with Crippen molar-refractivity contribution in [1.82, 2.24) is 10.2 Å². The number of hydrogen-bond donors (Lipinski definition) is 3. The number of halogens is 1. The number of urea groups is 1. The second-order valence-corrected chi connectivity index (χ2v) is 6.45. The van der Waals surface area contributed by atoms with Gasteiger partial charge < -0.3 is 15.2 Å². The van der Waals surface area contributed by atoms with Crippen LogP contribution in [0.4, 0.5) is 9.18 Å². The number of ether oxygens (including phenoxy) is 1. The second-order valence-electron chi connectivity index (χ2n) is 6.45. The first-order valence-corrected chi connectivity index (χ1v) is 8.22. The molecular weight excluding hydrogens is 317 g/mol. The quantitative estimate of drug-likeness (QED) is 0.660. The molecule has 1 saturated carbocycles. The lowest BCUT2D eigenvalue weighted by molar-refractivity contribution is -0.129. The van der Waals surface area contributed by atoms with Gasteiger partial charge in [-0.3, -0.25) is 15.4 Å². The number of Topliss-reactive ketones (excluding diaryl/α,β-unsaturated/α-hetero) is 1. The number of rotatable bonds is 4. The minimum absolute atomic E-state index is 0.240. The molecule has 2 amide bonds. The SMILES string of the molecule is NC1(C(=O)C2CCCCC2)NC(=O)N([C@H]2C=C[C@@H](CO)O2)C=C1F. The van der Waals surface area contributed by atoms with Crippen LogP contribution in [0.25, 0.3) is 0 Å². The fourth-order valence-electron chi connectivity index (χ4n) is 3.38. The summed E-state index contributed by atoms with van der Waals surface area (Å²) in [6.07, 6.45) is 6.83. The zero-order valence-corrected chi connectivity index (χ0v) is 13.3. The maximum atomic E-state index is 14.6. The van der Waals surface area contributed by atoms with Crippen LogP contribution in [0, 0.1) is 5.92 Å². The van der Waals surface area contributed by atoms with E-state index < -0.39 is 35.6 Å². The van der Waals surface area contributed by atoms with Crippen molar-refractivity contribution in [1.29, 1.82) is 0 Å². The normalized spacial score (nSPS) is 34.2. The number of ketones is 1. The molecule has 1 fully saturated rings. The van der Waals surface area contributed by atoms with Crippen molar-refractivity contribution < 1.29 is 23.8 Å². The van der Waals surface area contributed by atoms with Crippen molar-refractivity contribution in [3.05, 3.63) is 24.2 Å². The van der Waals surface area contributed by atoms with Crippen LogP contribution in [0.3, 0.4) is 0 Å². The number of amides is 2. The zero-order valence-electron chi connectivity index (χ0n) is 13.3. The predicted octanol–water partition coefficient (Wildman–Crippen LogP) is 0.900. The summed E-state index contributed by atoms with van der Waals surface area (Å²) >= 11 is 0. The van der Waals surface area contributed by atoms with Gasteiger partial charge in [0, 0.05) is 12.1 Å². The molecule has 7 nitrogen and oxygen atoms in total. The van der Waals surface area contributed by atoms with Gasteiger partial charge in [0.05, 0.1) is 6.61 Å². The predicted molar refractivity (Wildman–Crippen MR) is 82.9 cm³/mol. The molecule has 3 aliphatic rings. The highest BCUT2D eigenvalue weighted by atomic mass is 19.1. The molecule has 2 aliphatic heterocycles. The van der Waals surface area contributed by atoms with E-state index in [0.29, 0.717) is 12.8 Å². The highest BCUT2D eigenvalue weighted by Crippen LogP contribution is 2.32. The number of hydrogen-bond acceptors (Lipinski definition) is 5. The Morgan fingerprint density at radius 3 is 2.75 bits per heavy atom. The molecule has 4 N–H and O–H groups in total. The number of nitrogens with zero attached hydrogens (tertiary/aromatic N) is 1. The van der Waals surface area contributed by atoms with E-state index in [1.165, 1.54) is 6.08 Å². The highest BCUT2D eigenvalue weighted by Gasteiger charge is 2.48. The van der Waals surface area contributed by atoms with E-state index in [2.05, 4.69) is 5.32 Å². The van der Waals surface area contributed by atoms with Gasteiger partial charge in [0.2, 0.25) is 5.66 Å². The molecule has 3 atom stereocenters. The zero-order chi connectivity index (χ0) is 17.3. The summed E-state index contributed by atoms with van der Waals surface area (Å²) < 4.78 is 20.0. The van der Waals surface area contributed by atoms with E-state index >= 15 is 0 Å². The first-order chi connectivity index (χ1) is 11.5. The Hall–Kier alpha value is -1.77. The lowest BCUT2D eigenvalue weighted by atomic mass is 9.81. The Morgan fingerprint density at radius 2 is 2.12 bits per heavy atom. The molecule has 1 unspecified atom stereocenters. The molecule has 8 heteroatoms. The van der Waals surface area contributed by atoms with Crippen molar-refractivity contribution in [3.8, 4) is 0 Å². The van der Waals surface area contributed by atoms with Gasteiger partial charge in [-0.15, -0.1) is 0 Å². The number of aliphatic hydroxyl groups is 1. The largest absolute Gasteiger partial charge is 0.393 e. The van der Waals surface area contributed by atoms with Gasteiger partial charge in [0.1, 0.15) is 6.10 Å². The molecular formula is C16H22FN3O4. The van der Waals surface area contributed by atoms with Gasteiger partial charge in [-0.25, -0.2) is 9.18 Å². The molecule has 0 spiro atoms. The van der Waals surface area contributed by atoms with E-state index in [4.69, 9.17) is 15.6 Å². The van der Waals surface area contributed by atoms with Crippen molar-refractivity contribution >= 4 is 11.8 Å². The van der Waals surface area contributed by atoms with Crippen LogP contribution in [0.15, 0.2) is 24.2 Å². The van der Waals surface area contributed by atoms with E-state index in [0.717, 1.165) is 30.4 Å². The lowest BCUT2D eigenvalue weighted by Gasteiger charge is -2.39. The summed E-state index contributed by atoms with van der Waals surface area (Å²) in [6, 6.07) is -0.712. The molecule has 24 heavy (non-hydrogen) atoms. The minimum atomic E-state index is -2.12. The Morgan fingerprint density at radius 1 is 1.42 bits per heavy atom. The van der Waals surface area contributed by atoms with Gasteiger partial charge in [0.25, 0.3) is 0 Å². The average Bonchev–Trinajstić information content (AvgIpc) is 3.07. The van der Waals surface area contributed by atoms with Gasteiger partial charge >= 0.3 is 6.03 Å². The van der Waals surface area contributed by atoms with Crippen LogP contribution in [0.1, 0.15) is 32.1 Å². The molecule has 0 saturated heterocycles. The molecule has 0 bridgehead atoms. The maximum Gasteiger partial charge on any atom is 0.326 e. The summed E-state index contributed by atoms with van der Waals surface area (Å²) in [5, 5.41) is 11.3. The molecule has 2 heterocycles. The van der Waals surface area contributed by atoms with E-state index in [9.17, 15) is 14.0 Å². The Bertz CT molecular complexity index is 588. The number of nitrogens with one attached hydrogen (secondary N) is 1. The van der Waals surface area contributed by atoms with Crippen LogP contribution in [-0.4, -0.2) is 46.4 Å². The third kappa shape index (κ3) is 2.97. The van der Waals surface area contributed by atoms with Crippen LogP contribution < -0.4 is 11.1 Å². The van der Waals surface area contributed by atoms with Gasteiger partial charge in [-0.05, 0) is 18.9 Å². The van der Waals surface area contributed by atoms with Crippen LogP contribution >= 0.6 is 0 Å². The fraction of sp³-hybridized carbons (Fsp3) is 0.625. The first-order valence-electron chi connectivity index (χ1n) is 8.22. The second kappa shape index (κ2) is 6.62. The Balaban J connectivity index is 1.78. The standard InChI is InChI=1S/C16H22FN3O4/c17-12-8-20(13-7-6-11(9-21)24-13)15(23)19-16(12,18)14(22)10-4-2-1-3-5-10/h6-8,10-11,13,21H,1-5,9,18H2,(H,19,23)/t11-,13+,16?/m0/s1. The lowest BCUT2D eigenvalue weighted by Crippen LogP contribution is -2.68. The number of carbonyl (C=O) groups is 2. The van der Waals surface area contributed by atoms with Crippen LogP contribution in [0.5, 0.6) is 0 Å². The molecule has 1 aliphatic carbocycles. The average molecular weight is 339 g/mol. The third-order valence-corrected chi connectivity index (χ3v) is 4.79. The number of nitrogens with two attached hydrogens (primary N) is 1. The maximum absolute atomic E-state index is 14.6. The topological polar surface area (TPSA) is 105 Å². The van der Waals surface area contributed by atoms with Gasteiger partial charge in [0.15, 0.2) is 17.8 Å². The number of aliphatic hydroxyl groups excluding tert-OH is 1. The monoisotopic (exact) mass is 339 g/mol. The van der Waals surface area contributed by atoms with Crippen molar-refractivity contribution in [3.63, 3.8) is 0 Å². The van der Waals surface area contributed by atoms with Crippen molar-refractivity contribution in [2.45, 2.75) is 50.1 Å². The minimum Gasteiger partial charge on any atom is -0.393 e. The molecule has 3 rings (SSSR count).